The highest BCUT2D eigenvalue weighted by molar-refractivity contribution is 5.96. The number of nitrogens with one attached hydrogen (secondary N) is 1. The maximum Gasteiger partial charge on any atom is 0.338 e. The number of likely N-dealkylation sites (tertiary alicyclic amines) is 2. The first-order chi connectivity index (χ1) is 26.4. The molecule has 2 aliphatic rings. The summed E-state index contributed by atoms with van der Waals surface area (Å²) in [4.78, 5) is 36.1. The molecule has 4 aromatic carbocycles. The maximum absolute atomic E-state index is 14.0. The second-order valence-electron chi connectivity index (χ2n) is 14.2. The number of fused-ring (bicyclic) bond motifs is 1. The molecule has 7 rings (SSSR count). The Kier molecular flexibility index (Phi) is 11.1. The molecule has 1 unspecified atom stereocenters. The molecule has 0 saturated carbocycles. The Morgan fingerprint density at radius 2 is 1.52 bits per heavy atom. The summed E-state index contributed by atoms with van der Waals surface area (Å²) >= 11 is 0. The summed E-state index contributed by atoms with van der Waals surface area (Å²) in [5.41, 5.74) is 5.00. The fraction of sp³-hybridized carbons (Fsp3) is 0.372. The Labute approximate surface area is 316 Å². The number of carbonyl (C=O) groups is 2. The van der Waals surface area contributed by atoms with Crippen LogP contribution >= 0.6 is 0 Å². The molecular formula is C43H49N5O6. The van der Waals surface area contributed by atoms with Gasteiger partial charge in [-0.05, 0) is 73.7 Å². The molecule has 54 heavy (non-hydrogen) atoms. The van der Waals surface area contributed by atoms with E-state index in [4.69, 9.17) is 23.9 Å². The van der Waals surface area contributed by atoms with E-state index in [1.807, 2.05) is 47.4 Å². The van der Waals surface area contributed by atoms with Crippen molar-refractivity contribution >= 4 is 28.9 Å². The standard InChI is InChI=1S/C43H49N5O6/c1-51-37-26-31(27-38(52-2)39(37)53-3)40(49)47-25-21-43(29-47,32-13-6-5-7-14-32)20-24-46-22-18-33(19-23-46)44-42-45-35-16-10-11-17-36(35)48(42)28-30-12-8-9-15-34(30)41(50)54-4/h5-17,26-27,33H,18-25,28-29H2,1-4H3,(H,44,45). The number of amides is 1. The summed E-state index contributed by atoms with van der Waals surface area (Å²) < 4.78 is 23.8. The van der Waals surface area contributed by atoms with Gasteiger partial charge >= 0.3 is 5.97 Å². The van der Waals surface area contributed by atoms with Crippen LogP contribution in [0.4, 0.5) is 5.95 Å². The minimum Gasteiger partial charge on any atom is -0.493 e. The van der Waals surface area contributed by atoms with E-state index in [0.717, 1.165) is 67.9 Å². The molecule has 11 nitrogen and oxygen atoms in total. The molecule has 11 heteroatoms. The molecule has 2 saturated heterocycles. The SMILES string of the molecule is COC(=O)c1ccccc1Cn1c(NC2CCN(CCC3(c4ccccc4)CCN(C(=O)c4cc(OC)c(OC)c(OC)c4)C3)CC2)nc2ccccc21. The number of nitrogens with zero attached hydrogens (tertiary/aromatic N) is 4. The van der Waals surface area contributed by atoms with Crippen LogP contribution in [0.1, 0.15) is 57.5 Å². The van der Waals surface area contributed by atoms with Crippen molar-refractivity contribution in [1.82, 2.24) is 19.4 Å². The molecule has 5 aromatic rings. The van der Waals surface area contributed by atoms with Crippen molar-refractivity contribution in [2.24, 2.45) is 0 Å². The number of ether oxygens (including phenoxy) is 4. The Balaban J connectivity index is 1.02. The molecule has 1 aromatic heterocycles. The van der Waals surface area contributed by atoms with Gasteiger partial charge in [0, 0.05) is 43.2 Å². The van der Waals surface area contributed by atoms with Gasteiger partial charge in [0.25, 0.3) is 5.91 Å². The van der Waals surface area contributed by atoms with Crippen molar-refractivity contribution in [1.29, 1.82) is 0 Å². The van der Waals surface area contributed by atoms with Crippen molar-refractivity contribution in [2.45, 2.75) is 43.7 Å². The zero-order valence-corrected chi connectivity index (χ0v) is 31.5. The molecule has 1 N–H and O–H groups in total. The summed E-state index contributed by atoms with van der Waals surface area (Å²) in [6.07, 6.45) is 3.79. The van der Waals surface area contributed by atoms with E-state index in [9.17, 15) is 9.59 Å². The first-order valence-corrected chi connectivity index (χ1v) is 18.6. The predicted octanol–water partition coefficient (Wildman–Crippen LogP) is 6.65. The number of imidazole rings is 1. The minimum atomic E-state index is -0.346. The highest BCUT2D eigenvalue weighted by Crippen LogP contribution is 2.41. The van der Waals surface area contributed by atoms with Crippen LogP contribution in [0, 0.1) is 0 Å². The molecular weight excluding hydrogens is 683 g/mol. The number of carbonyl (C=O) groups excluding carboxylic acids is 2. The monoisotopic (exact) mass is 731 g/mol. The van der Waals surface area contributed by atoms with E-state index >= 15 is 0 Å². The summed E-state index contributed by atoms with van der Waals surface area (Å²) in [5.74, 6) is 1.82. The van der Waals surface area contributed by atoms with Crippen LogP contribution in [-0.4, -0.2) is 98.4 Å². The van der Waals surface area contributed by atoms with Crippen molar-refractivity contribution in [3.63, 3.8) is 0 Å². The molecule has 282 valence electrons. The highest BCUT2D eigenvalue weighted by atomic mass is 16.5. The van der Waals surface area contributed by atoms with Crippen LogP contribution in [-0.2, 0) is 16.7 Å². The molecule has 0 radical (unpaired) electrons. The molecule has 2 aliphatic heterocycles. The lowest BCUT2D eigenvalue weighted by molar-refractivity contribution is 0.0599. The minimum absolute atomic E-state index is 0.0428. The smallest absolute Gasteiger partial charge is 0.338 e. The topological polar surface area (TPSA) is 107 Å². The van der Waals surface area contributed by atoms with Crippen molar-refractivity contribution < 1.29 is 28.5 Å². The van der Waals surface area contributed by atoms with Gasteiger partial charge < -0.3 is 38.6 Å². The lowest BCUT2D eigenvalue weighted by Crippen LogP contribution is -2.42. The lowest BCUT2D eigenvalue weighted by Gasteiger charge is -2.36. The molecule has 3 heterocycles. The molecule has 1 amide bonds. The first-order valence-electron chi connectivity index (χ1n) is 18.6. The highest BCUT2D eigenvalue weighted by Gasteiger charge is 2.42. The van der Waals surface area contributed by atoms with E-state index < -0.39 is 0 Å². The van der Waals surface area contributed by atoms with Gasteiger partial charge in [-0.1, -0.05) is 60.7 Å². The number of aromatic nitrogens is 2. The zero-order chi connectivity index (χ0) is 37.7. The van der Waals surface area contributed by atoms with E-state index in [2.05, 4.69) is 51.2 Å². The van der Waals surface area contributed by atoms with Crippen LogP contribution in [0.3, 0.4) is 0 Å². The number of anilines is 1. The zero-order valence-electron chi connectivity index (χ0n) is 31.5. The average molecular weight is 732 g/mol. The molecule has 1 atom stereocenters. The van der Waals surface area contributed by atoms with Gasteiger partial charge in [0.05, 0.1) is 51.6 Å². The quantitative estimate of drug-likeness (QED) is 0.133. The number of hydrogen-bond donors (Lipinski definition) is 1. The van der Waals surface area contributed by atoms with Gasteiger partial charge in [0.15, 0.2) is 11.5 Å². The van der Waals surface area contributed by atoms with Gasteiger partial charge in [-0.25, -0.2) is 9.78 Å². The van der Waals surface area contributed by atoms with E-state index in [1.54, 1.807) is 33.5 Å². The van der Waals surface area contributed by atoms with Gasteiger partial charge in [0.1, 0.15) is 0 Å². The van der Waals surface area contributed by atoms with E-state index in [1.165, 1.54) is 12.7 Å². The Bertz CT molecular complexity index is 2070. The number of hydrogen-bond acceptors (Lipinski definition) is 9. The van der Waals surface area contributed by atoms with E-state index in [0.29, 0.717) is 48.0 Å². The fourth-order valence-corrected chi connectivity index (χ4v) is 8.15. The summed E-state index contributed by atoms with van der Waals surface area (Å²) in [6.45, 7) is 4.66. The van der Waals surface area contributed by atoms with Crippen LogP contribution < -0.4 is 19.5 Å². The molecule has 2 fully saturated rings. The van der Waals surface area contributed by atoms with E-state index in [-0.39, 0.29) is 23.3 Å². The Hall–Kier alpha value is -5.55. The maximum atomic E-state index is 14.0. The summed E-state index contributed by atoms with van der Waals surface area (Å²) in [7, 11) is 6.10. The van der Waals surface area contributed by atoms with Crippen LogP contribution in [0.25, 0.3) is 11.0 Å². The first kappa shape index (κ1) is 36.8. The van der Waals surface area contributed by atoms with Gasteiger partial charge in [-0.15, -0.1) is 0 Å². The fourth-order valence-electron chi connectivity index (χ4n) is 8.15. The van der Waals surface area contributed by atoms with Crippen LogP contribution in [0.5, 0.6) is 17.2 Å². The van der Waals surface area contributed by atoms with Gasteiger partial charge in [0.2, 0.25) is 11.7 Å². The van der Waals surface area contributed by atoms with Gasteiger partial charge in [-0.2, -0.15) is 0 Å². The van der Waals surface area contributed by atoms with Gasteiger partial charge in [-0.3, -0.25) is 4.79 Å². The van der Waals surface area contributed by atoms with Crippen molar-refractivity contribution in [3.05, 3.63) is 113 Å². The molecule has 0 spiro atoms. The van der Waals surface area contributed by atoms with Crippen molar-refractivity contribution in [2.75, 3.05) is 66.5 Å². The second kappa shape index (κ2) is 16.2. The third-order valence-corrected chi connectivity index (χ3v) is 11.2. The van der Waals surface area contributed by atoms with Crippen LogP contribution in [0.2, 0.25) is 0 Å². The number of rotatable bonds is 13. The molecule has 0 bridgehead atoms. The number of methoxy groups -OCH3 is 4. The largest absolute Gasteiger partial charge is 0.493 e. The van der Waals surface area contributed by atoms with Crippen molar-refractivity contribution in [3.8, 4) is 17.2 Å². The molecule has 0 aliphatic carbocycles. The third-order valence-electron chi connectivity index (χ3n) is 11.2. The lowest BCUT2D eigenvalue weighted by atomic mass is 9.76. The number of esters is 1. The normalized spacial score (nSPS) is 17.7. The number of benzene rings is 4. The predicted molar refractivity (Wildman–Crippen MR) is 209 cm³/mol. The number of piperidine rings is 1. The average Bonchev–Trinajstić information content (AvgIpc) is 3.82. The Morgan fingerprint density at radius 1 is 0.833 bits per heavy atom. The summed E-state index contributed by atoms with van der Waals surface area (Å²) in [6, 6.07) is 30.1. The van der Waals surface area contributed by atoms with Crippen LogP contribution in [0.15, 0.2) is 91.0 Å². The number of para-hydroxylation sites is 2. The summed E-state index contributed by atoms with van der Waals surface area (Å²) in [5, 5.41) is 3.77. The Morgan fingerprint density at radius 3 is 2.22 bits per heavy atom. The third kappa shape index (κ3) is 7.45. The second-order valence-corrected chi connectivity index (χ2v) is 14.2.